The molecule has 1 aliphatic carbocycles. The van der Waals surface area contributed by atoms with Crippen LogP contribution < -0.4 is 5.84 Å². The van der Waals surface area contributed by atoms with Crippen LogP contribution in [0.25, 0.3) is 0 Å². The molecule has 2 rings (SSSR count). The van der Waals surface area contributed by atoms with Gasteiger partial charge in [0.15, 0.2) is 0 Å². The first-order valence-corrected chi connectivity index (χ1v) is 6.14. The normalized spacial score (nSPS) is 19.4. The van der Waals surface area contributed by atoms with Crippen molar-refractivity contribution in [2.75, 3.05) is 6.54 Å². The van der Waals surface area contributed by atoms with Gasteiger partial charge in [0.25, 0.3) is 0 Å². The summed E-state index contributed by atoms with van der Waals surface area (Å²) in [4.78, 5) is 0. The minimum absolute atomic E-state index is 0.191. The van der Waals surface area contributed by atoms with Gasteiger partial charge >= 0.3 is 0 Å². The van der Waals surface area contributed by atoms with Crippen LogP contribution in [0.2, 0.25) is 0 Å². The highest BCUT2D eigenvalue weighted by Gasteiger charge is 2.26. The van der Waals surface area contributed by atoms with Crippen LogP contribution in [-0.4, -0.2) is 22.7 Å². The van der Waals surface area contributed by atoms with Gasteiger partial charge in [0.1, 0.15) is 11.6 Å². The summed E-state index contributed by atoms with van der Waals surface area (Å²) < 4.78 is 13.6. The van der Waals surface area contributed by atoms with E-state index in [1.165, 1.54) is 12.1 Å². The minimum Gasteiger partial charge on any atom is -0.508 e. The summed E-state index contributed by atoms with van der Waals surface area (Å²) >= 11 is 0. The molecule has 4 heteroatoms. The topological polar surface area (TPSA) is 49.5 Å². The molecule has 0 bridgehead atoms. The Morgan fingerprint density at radius 1 is 1.47 bits per heavy atom. The lowest BCUT2D eigenvalue weighted by Gasteiger charge is -2.32. The maximum atomic E-state index is 13.6. The molecule has 1 aromatic rings. The number of hydrogen-bond donors (Lipinski definition) is 2. The number of benzene rings is 1. The molecule has 1 aromatic carbocycles. The standard InChI is InChI=1S/C13H19FN2O/c1-2-7-16(15)9-3-4-10-11(8-9)13(17)6-5-12(10)14/h5-6,9,17H,2-4,7-8,15H2,1H3. The molecule has 0 heterocycles. The molecule has 0 spiro atoms. The third kappa shape index (κ3) is 2.42. The number of phenolic OH excluding ortho intramolecular Hbond substituents is 1. The molecule has 1 unspecified atom stereocenters. The summed E-state index contributed by atoms with van der Waals surface area (Å²) in [6.45, 7) is 2.91. The summed E-state index contributed by atoms with van der Waals surface area (Å²) in [6.07, 6.45) is 3.13. The Morgan fingerprint density at radius 3 is 2.94 bits per heavy atom. The number of hydrogen-bond acceptors (Lipinski definition) is 3. The molecular weight excluding hydrogens is 219 g/mol. The number of aromatic hydroxyl groups is 1. The van der Waals surface area contributed by atoms with Crippen molar-refractivity contribution < 1.29 is 9.50 Å². The van der Waals surface area contributed by atoms with Crippen molar-refractivity contribution in [2.45, 2.75) is 38.6 Å². The highest BCUT2D eigenvalue weighted by atomic mass is 19.1. The van der Waals surface area contributed by atoms with Crippen molar-refractivity contribution in [2.24, 2.45) is 5.84 Å². The minimum atomic E-state index is -0.213. The summed E-state index contributed by atoms with van der Waals surface area (Å²) in [5.74, 6) is 5.94. The fourth-order valence-corrected chi connectivity index (χ4v) is 2.52. The van der Waals surface area contributed by atoms with Gasteiger partial charge < -0.3 is 5.11 Å². The molecule has 3 nitrogen and oxygen atoms in total. The van der Waals surface area contributed by atoms with Crippen LogP contribution in [0, 0.1) is 5.82 Å². The quantitative estimate of drug-likeness (QED) is 0.625. The lowest BCUT2D eigenvalue weighted by Crippen LogP contribution is -2.44. The third-order valence-corrected chi connectivity index (χ3v) is 3.47. The van der Waals surface area contributed by atoms with E-state index in [-0.39, 0.29) is 17.6 Å². The molecule has 0 aliphatic heterocycles. The number of hydrazine groups is 1. The van der Waals surface area contributed by atoms with Crippen LogP contribution >= 0.6 is 0 Å². The molecule has 0 fully saturated rings. The maximum Gasteiger partial charge on any atom is 0.126 e. The molecule has 17 heavy (non-hydrogen) atoms. The van der Waals surface area contributed by atoms with Crippen molar-refractivity contribution in [3.8, 4) is 5.75 Å². The first kappa shape index (κ1) is 12.3. The Kier molecular flexibility index (Phi) is 3.64. The molecule has 0 aromatic heterocycles. The van der Waals surface area contributed by atoms with E-state index in [4.69, 9.17) is 5.84 Å². The lowest BCUT2D eigenvalue weighted by atomic mass is 9.87. The van der Waals surface area contributed by atoms with Crippen molar-refractivity contribution >= 4 is 0 Å². The number of fused-ring (bicyclic) bond motifs is 1. The second kappa shape index (κ2) is 5.02. The van der Waals surface area contributed by atoms with E-state index in [1.807, 2.05) is 5.01 Å². The Labute approximate surface area is 101 Å². The molecular formula is C13H19FN2O. The zero-order valence-corrected chi connectivity index (χ0v) is 10.1. The molecule has 94 valence electrons. The first-order chi connectivity index (χ1) is 8.13. The number of nitrogens with zero attached hydrogens (tertiary/aromatic N) is 1. The molecule has 0 saturated carbocycles. The fourth-order valence-electron chi connectivity index (χ4n) is 2.52. The van der Waals surface area contributed by atoms with Crippen molar-refractivity contribution in [3.05, 3.63) is 29.1 Å². The summed E-state index contributed by atoms with van der Waals surface area (Å²) in [5.41, 5.74) is 1.39. The number of phenols is 1. The second-order valence-electron chi connectivity index (χ2n) is 4.66. The highest BCUT2D eigenvalue weighted by molar-refractivity contribution is 5.42. The molecule has 0 amide bonds. The van der Waals surface area contributed by atoms with Gasteiger partial charge in [-0.3, -0.25) is 5.84 Å². The number of nitrogens with two attached hydrogens (primary N) is 1. The molecule has 1 aliphatic rings. The third-order valence-electron chi connectivity index (χ3n) is 3.47. The fraction of sp³-hybridized carbons (Fsp3) is 0.538. The van der Waals surface area contributed by atoms with Gasteiger partial charge in [0, 0.05) is 18.2 Å². The van der Waals surface area contributed by atoms with Gasteiger partial charge in [-0.15, -0.1) is 0 Å². The zero-order valence-electron chi connectivity index (χ0n) is 10.1. The average Bonchev–Trinajstić information content (AvgIpc) is 2.34. The van der Waals surface area contributed by atoms with Crippen molar-refractivity contribution in [3.63, 3.8) is 0 Å². The molecule has 3 N–H and O–H groups in total. The van der Waals surface area contributed by atoms with E-state index in [1.54, 1.807) is 0 Å². The monoisotopic (exact) mass is 238 g/mol. The van der Waals surface area contributed by atoms with E-state index in [9.17, 15) is 9.50 Å². The Hall–Kier alpha value is -1.13. The van der Waals surface area contributed by atoms with Crippen LogP contribution in [0.3, 0.4) is 0 Å². The van der Waals surface area contributed by atoms with Crippen LogP contribution in [-0.2, 0) is 12.8 Å². The zero-order chi connectivity index (χ0) is 12.4. The van der Waals surface area contributed by atoms with Crippen LogP contribution in [0.4, 0.5) is 4.39 Å². The lowest BCUT2D eigenvalue weighted by molar-refractivity contribution is 0.181. The SMILES string of the molecule is CCCN(N)C1CCc2c(F)ccc(O)c2C1. The smallest absolute Gasteiger partial charge is 0.126 e. The largest absolute Gasteiger partial charge is 0.508 e. The number of rotatable bonds is 3. The van der Waals surface area contributed by atoms with Gasteiger partial charge in [-0.25, -0.2) is 9.40 Å². The van der Waals surface area contributed by atoms with Gasteiger partial charge in [-0.05, 0) is 43.4 Å². The van der Waals surface area contributed by atoms with Crippen molar-refractivity contribution in [1.82, 2.24) is 5.01 Å². The summed E-state index contributed by atoms with van der Waals surface area (Å²) in [6, 6.07) is 2.97. The van der Waals surface area contributed by atoms with E-state index < -0.39 is 0 Å². The van der Waals surface area contributed by atoms with E-state index in [2.05, 4.69) is 6.92 Å². The molecule has 1 atom stereocenters. The van der Waals surface area contributed by atoms with Gasteiger partial charge in [0.05, 0.1) is 0 Å². The van der Waals surface area contributed by atoms with Crippen LogP contribution in [0.15, 0.2) is 12.1 Å². The van der Waals surface area contributed by atoms with Gasteiger partial charge in [0.2, 0.25) is 0 Å². The highest BCUT2D eigenvalue weighted by Crippen LogP contribution is 2.32. The molecule has 0 saturated heterocycles. The summed E-state index contributed by atoms with van der Waals surface area (Å²) in [7, 11) is 0. The van der Waals surface area contributed by atoms with Crippen LogP contribution in [0.5, 0.6) is 5.75 Å². The Balaban J connectivity index is 2.21. The molecule has 0 radical (unpaired) electrons. The Bertz CT molecular complexity index is 409. The Morgan fingerprint density at radius 2 is 2.24 bits per heavy atom. The number of halogens is 1. The van der Waals surface area contributed by atoms with E-state index in [0.29, 0.717) is 18.4 Å². The average molecular weight is 238 g/mol. The predicted molar refractivity (Wildman–Crippen MR) is 65.1 cm³/mol. The van der Waals surface area contributed by atoms with Gasteiger partial charge in [-0.1, -0.05) is 6.92 Å². The van der Waals surface area contributed by atoms with Crippen molar-refractivity contribution in [1.29, 1.82) is 0 Å². The summed E-state index contributed by atoms with van der Waals surface area (Å²) in [5, 5.41) is 11.6. The van der Waals surface area contributed by atoms with E-state index >= 15 is 0 Å². The first-order valence-electron chi connectivity index (χ1n) is 6.14. The second-order valence-corrected chi connectivity index (χ2v) is 4.66. The van der Waals surface area contributed by atoms with Gasteiger partial charge in [-0.2, -0.15) is 0 Å². The van der Waals surface area contributed by atoms with E-state index in [0.717, 1.165) is 24.9 Å². The van der Waals surface area contributed by atoms with Crippen LogP contribution in [0.1, 0.15) is 30.9 Å². The predicted octanol–water partition coefficient (Wildman–Crippen LogP) is 1.97. The maximum absolute atomic E-state index is 13.6.